The van der Waals surface area contributed by atoms with E-state index in [2.05, 4.69) is 57.2 Å². The van der Waals surface area contributed by atoms with Crippen molar-refractivity contribution < 1.29 is 4.74 Å². The molecule has 1 saturated heterocycles. The van der Waals surface area contributed by atoms with Crippen molar-refractivity contribution in [3.05, 3.63) is 63.5 Å². The number of hydrogen-bond donors (Lipinski definition) is 1. The highest BCUT2D eigenvalue weighted by atomic mass is 127. The summed E-state index contributed by atoms with van der Waals surface area (Å²) in [6, 6.07) is 14.5. The summed E-state index contributed by atoms with van der Waals surface area (Å²) < 4.78 is 7.63. The van der Waals surface area contributed by atoms with Gasteiger partial charge in [-0.05, 0) is 78.4 Å². The Balaban J connectivity index is 1.85. The quantitative estimate of drug-likeness (QED) is 0.806. The molecule has 0 amide bonds. The molecule has 2 aromatic rings. The fraction of sp³-hybridized carbons (Fsp3) is 0.353. The first kappa shape index (κ1) is 14.9. The van der Waals surface area contributed by atoms with Gasteiger partial charge in [-0.1, -0.05) is 18.2 Å². The summed E-state index contributed by atoms with van der Waals surface area (Å²) in [5.74, 6) is 0. The van der Waals surface area contributed by atoms with Gasteiger partial charge >= 0.3 is 0 Å². The zero-order valence-corrected chi connectivity index (χ0v) is 14.0. The number of nitrogens with zero attached hydrogens (tertiary/aromatic N) is 1. The highest BCUT2D eigenvalue weighted by Gasteiger charge is 2.22. The van der Waals surface area contributed by atoms with Crippen LogP contribution in [0.25, 0.3) is 0 Å². The molecule has 3 rings (SSSR count). The molecule has 1 aromatic heterocycles. The fourth-order valence-electron chi connectivity index (χ4n) is 2.61. The smallest absolute Gasteiger partial charge is 0.125 e. The Labute approximate surface area is 139 Å². The lowest BCUT2D eigenvalue weighted by atomic mass is 10.0. The Morgan fingerprint density at radius 3 is 2.52 bits per heavy atom. The SMILES string of the molecule is Ic1ccc(C(OC2CCNCC2)c2ccccn2)cc1. The molecule has 0 radical (unpaired) electrons. The second kappa shape index (κ2) is 7.33. The van der Waals surface area contributed by atoms with E-state index in [9.17, 15) is 0 Å². The van der Waals surface area contributed by atoms with E-state index in [1.165, 1.54) is 9.13 Å². The lowest BCUT2D eigenvalue weighted by Gasteiger charge is -2.28. The number of halogens is 1. The lowest BCUT2D eigenvalue weighted by molar-refractivity contribution is -0.00991. The maximum atomic E-state index is 6.40. The molecule has 1 aliphatic heterocycles. The number of benzene rings is 1. The second-order valence-electron chi connectivity index (χ2n) is 5.27. The van der Waals surface area contributed by atoms with Crippen LogP contribution in [0.15, 0.2) is 48.7 Å². The summed E-state index contributed by atoms with van der Waals surface area (Å²) in [5.41, 5.74) is 2.16. The number of nitrogens with one attached hydrogen (secondary N) is 1. The fourth-order valence-corrected chi connectivity index (χ4v) is 2.97. The minimum atomic E-state index is -0.0775. The summed E-state index contributed by atoms with van der Waals surface area (Å²) >= 11 is 2.33. The van der Waals surface area contributed by atoms with Crippen molar-refractivity contribution in [2.24, 2.45) is 0 Å². The minimum Gasteiger partial charge on any atom is -0.364 e. The molecule has 1 fully saturated rings. The van der Waals surface area contributed by atoms with Crippen LogP contribution in [-0.4, -0.2) is 24.2 Å². The van der Waals surface area contributed by atoms with E-state index in [4.69, 9.17) is 4.74 Å². The molecule has 4 heteroatoms. The molecule has 1 aromatic carbocycles. The van der Waals surface area contributed by atoms with Gasteiger partial charge in [-0.15, -0.1) is 0 Å². The Bertz CT molecular complexity index is 553. The van der Waals surface area contributed by atoms with Crippen LogP contribution in [0, 0.1) is 3.57 Å². The van der Waals surface area contributed by atoms with Crippen molar-refractivity contribution in [1.29, 1.82) is 0 Å². The molecule has 1 atom stereocenters. The van der Waals surface area contributed by atoms with Gasteiger partial charge in [-0.25, -0.2) is 0 Å². The van der Waals surface area contributed by atoms with Gasteiger partial charge in [-0.3, -0.25) is 4.98 Å². The Morgan fingerprint density at radius 2 is 1.86 bits per heavy atom. The summed E-state index contributed by atoms with van der Waals surface area (Å²) in [6.07, 6.45) is 4.19. The topological polar surface area (TPSA) is 34.1 Å². The van der Waals surface area contributed by atoms with Crippen LogP contribution in [0.2, 0.25) is 0 Å². The van der Waals surface area contributed by atoms with E-state index in [1.807, 2.05) is 24.4 Å². The molecule has 2 heterocycles. The van der Waals surface area contributed by atoms with Crippen LogP contribution in [-0.2, 0) is 4.74 Å². The van der Waals surface area contributed by atoms with E-state index in [0.717, 1.165) is 31.6 Å². The van der Waals surface area contributed by atoms with Gasteiger partial charge < -0.3 is 10.1 Å². The maximum absolute atomic E-state index is 6.40. The highest BCUT2D eigenvalue weighted by Crippen LogP contribution is 2.28. The number of ether oxygens (including phenoxy) is 1. The third kappa shape index (κ3) is 4.02. The van der Waals surface area contributed by atoms with Crippen molar-refractivity contribution >= 4 is 22.6 Å². The molecule has 0 bridgehead atoms. The molecule has 1 N–H and O–H groups in total. The first-order chi connectivity index (χ1) is 10.3. The summed E-state index contributed by atoms with van der Waals surface area (Å²) in [6.45, 7) is 2.07. The van der Waals surface area contributed by atoms with Crippen LogP contribution in [0.3, 0.4) is 0 Å². The maximum Gasteiger partial charge on any atom is 0.125 e. The zero-order valence-electron chi connectivity index (χ0n) is 11.8. The monoisotopic (exact) mass is 394 g/mol. The normalized spacial score (nSPS) is 17.6. The predicted octanol–water partition coefficient (Wildman–Crippen LogP) is 3.54. The predicted molar refractivity (Wildman–Crippen MR) is 92.2 cm³/mol. The summed E-state index contributed by atoms with van der Waals surface area (Å²) in [7, 11) is 0. The molecular weight excluding hydrogens is 375 g/mol. The molecule has 3 nitrogen and oxygen atoms in total. The van der Waals surface area contributed by atoms with E-state index in [0.29, 0.717) is 6.10 Å². The second-order valence-corrected chi connectivity index (χ2v) is 6.52. The third-order valence-electron chi connectivity index (χ3n) is 3.74. The van der Waals surface area contributed by atoms with E-state index < -0.39 is 0 Å². The Morgan fingerprint density at radius 1 is 1.10 bits per heavy atom. The average molecular weight is 394 g/mol. The van der Waals surface area contributed by atoms with Crippen LogP contribution in [0.1, 0.15) is 30.2 Å². The lowest BCUT2D eigenvalue weighted by Crippen LogP contribution is -2.33. The number of aromatic nitrogens is 1. The van der Waals surface area contributed by atoms with Crippen LogP contribution < -0.4 is 5.32 Å². The average Bonchev–Trinajstić information content (AvgIpc) is 2.55. The van der Waals surface area contributed by atoms with Gasteiger partial charge in [0.25, 0.3) is 0 Å². The molecular formula is C17H19IN2O. The van der Waals surface area contributed by atoms with Crippen LogP contribution in [0.4, 0.5) is 0 Å². The van der Waals surface area contributed by atoms with Crippen molar-refractivity contribution in [2.75, 3.05) is 13.1 Å². The number of rotatable bonds is 4. The van der Waals surface area contributed by atoms with Crippen molar-refractivity contribution in [3.63, 3.8) is 0 Å². The van der Waals surface area contributed by atoms with Crippen molar-refractivity contribution in [3.8, 4) is 0 Å². The Hall–Kier alpha value is -0.980. The van der Waals surface area contributed by atoms with Crippen LogP contribution >= 0.6 is 22.6 Å². The van der Waals surface area contributed by atoms with E-state index in [-0.39, 0.29) is 6.10 Å². The largest absolute Gasteiger partial charge is 0.364 e. The van der Waals surface area contributed by atoms with Gasteiger partial charge in [0.05, 0.1) is 11.8 Å². The van der Waals surface area contributed by atoms with Gasteiger partial charge in [0.2, 0.25) is 0 Å². The molecule has 110 valence electrons. The van der Waals surface area contributed by atoms with Crippen molar-refractivity contribution in [1.82, 2.24) is 10.3 Å². The molecule has 0 aliphatic carbocycles. The van der Waals surface area contributed by atoms with Gasteiger partial charge in [0.1, 0.15) is 6.10 Å². The highest BCUT2D eigenvalue weighted by molar-refractivity contribution is 14.1. The molecule has 1 unspecified atom stereocenters. The van der Waals surface area contributed by atoms with Gasteiger partial charge in [0, 0.05) is 9.77 Å². The summed E-state index contributed by atoms with van der Waals surface area (Å²) in [4.78, 5) is 4.50. The van der Waals surface area contributed by atoms with Crippen molar-refractivity contribution in [2.45, 2.75) is 25.0 Å². The molecule has 0 spiro atoms. The van der Waals surface area contributed by atoms with Gasteiger partial charge in [0.15, 0.2) is 0 Å². The molecule has 1 aliphatic rings. The van der Waals surface area contributed by atoms with E-state index in [1.54, 1.807) is 0 Å². The first-order valence-corrected chi connectivity index (χ1v) is 8.43. The summed E-state index contributed by atoms with van der Waals surface area (Å²) in [5, 5.41) is 3.38. The molecule has 21 heavy (non-hydrogen) atoms. The Kier molecular flexibility index (Phi) is 5.22. The van der Waals surface area contributed by atoms with Crippen LogP contribution in [0.5, 0.6) is 0 Å². The van der Waals surface area contributed by atoms with Gasteiger partial charge in [-0.2, -0.15) is 0 Å². The zero-order chi connectivity index (χ0) is 14.5. The number of pyridine rings is 1. The third-order valence-corrected chi connectivity index (χ3v) is 4.46. The number of piperidine rings is 1. The van der Waals surface area contributed by atoms with E-state index >= 15 is 0 Å². The number of hydrogen-bond acceptors (Lipinski definition) is 3. The molecule has 0 saturated carbocycles. The standard InChI is InChI=1S/C17H19IN2O/c18-14-6-4-13(5-7-14)17(16-3-1-2-10-20-16)21-15-8-11-19-12-9-15/h1-7,10,15,17,19H,8-9,11-12H2. The first-order valence-electron chi connectivity index (χ1n) is 7.35. The minimum absolute atomic E-state index is 0.0775.